The third kappa shape index (κ3) is 3.17. The molecule has 1 aromatic carbocycles. The molecule has 4 aromatic rings. The Morgan fingerprint density at radius 3 is 2.58 bits per heavy atom. The first kappa shape index (κ1) is 17.9. The van der Waals surface area contributed by atoms with Gasteiger partial charge >= 0.3 is 0 Å². The van der Waals surface area contributed by atoms with Gasteiger partial charge in [-0.15, -0.1) is 34.0 Å². The van der Waals surface area contributed by atoms with Gasteiger partial charge in [-0.2, -0.15) is 0 Å². The maximum atomic E-state index is 12.7. The Kier molecular flexibility index (Phi) is 4.79. The van der Waals surface area contributed by atoms with Crippen molar-refractivity contribution in [2.24, 2.45) is 0 Å². The van der Waals surface area contributed by atoms with Gasteiger partial charge in [0.1, 0.15) is 14.3 Å². The van der Waals surface area contributed by atoms with Crippen LogP contribution in [0.15, 0.2) is 30.3 Å². The summed E-state index contributed by atoms with van der Waals surface area (Å²) in [7, 11) is 0. The second kappa shape index (κ2) is 6.94. The van der Waals surface area contributed by atoms with Crippen molar-refractivity contribution in [2.75, 3.05) is 5.32 Å². The van der Waals surface area contributed by atoms with Crippen LogP contribution in [-0.4, -0.2) is 10.9 Å². The number of amides is 1. The quantitative estimate of drug-likeness (QED) is 0.365. The third-order valence-corrected chi connectivity index (χ3v) is 7.69. The molecule has 3 heterocycles. The molecule has 0 aliphatic rings. The summed E-state index contributed by atoms with van der Waals surface area (Å²) in [6.07, 6.45) is 0. The van der Waals surface area contributed by atoms with Crippen molar-refractivity contribution in [3.05, 3.63) is 55.0 Å². The Bertz CT molecular complexity index is 1110. The van der Waals surface area contributed by atoms with E-state index in [1.54, 1.807) is 28.7 Å². The zero-order chi connectivity index (χ0) is 18.4. The normalized spacial score (nSPS) is 11.2. The first-order valence-electron chi connectivity index (χ1n) is 7.66. The zero-order valence-electron chi connectivity index (χ0n) is 13.7. The number of thiazole rings is 1. The smallest absolute Gasteiger partial charge is 0.258 e. The summed E-state index contributed by atoms with van der Waals surface area (Å²) in [4.78, 5) is 18.6. The average Bonchev–Trinajstić information content (AvgIpc) is 3.23. The fourth-order valence-electron chi connectivity index (χ4n) is 2.62. The van der Waals surface area contributed by atoms with E-state index in [0.717, 1.165) is 36.2 Å². The summed E-state index contributed by atoms with van der Waals surface area (Å²) in [6, 6.07) is 9.61. The van der Waals surface area contributed by atoms with Gasteiger partial charge in [0.05, 0.1) is 20.1 Å². The molecule has 3 aromatic heterocycles. The van der Waals surface area contributed by atoms with E-state index in [-0.39, 0.29) is 5.91 Å². The second-order valence-corrected chi connectivity index (χ2v) is 10.2. The lowest BCUT2D eigenvalue weighted by Crippen LogP contribution is -2.11. The standard InChI is InChI=1S/C18H12Cl2N2OS3/c1-8-9(2)24-18(22-16(23)10-7-13(19)26-15(10)20)14(8)17-21-11-5-3-4-6-12(11)25-17/h3-7H,1-2H3,(H,22,23). The molecular formula is C18H12Cl2N2OS3. The highest BCUT2D eigenvalue weighted by molar-refractivity contribution is 7.23. The third-order valence-electron chi connectivity index (χ3n) is 4.02. The highest BCUT2D eigenvalue weighted by atomic mass is 35.5. The number of anilines is 1. The monoisotopic (exact) mass is 438 g/mol. The Morgan fingerprint density at radius 2 is 1.88 bits per heavy atom. The van der Waals surface area contributed by atoms with Crippen LogP contribution in [-0.2, 0) is 0 Å². The van der Waals surface area contributed by atoms with Gasteiger partial charge in [0.2, 0.25) is 0 Å². The maximum absolute atomic E-state index is 12.7. The SMILES string of the molecule is Cc1sc(NC(=O)c2cc(Cl)sc2Cl)c(-c2nc3ccccc3s2)c1C. The minimum Gasteiger partial charge on any atom is -0.313 e. The van der Waals surface area contributed by atoms with Crippen LogP contribution in [0.1, 0.15) is 20.8 Å². The molecule has 4 rings (SSSR count). The summed E-state index contributed by atoms with van der Waals surface area (Å²) in [5.41, 5.74) is 3.44. The van der Waals surface area contributed by atoms with Gasteiger partial charge in [-0.05, 0) is 37.6 Å². The van der Waals surface area contributed by atoms with Gasteiger partial charge in [-0.3, -0.25) is 4.79 Å². The van der Waals surface area contributed by atoms with Crippen molar-refractivity contribution in [3.8, 4) is 10.6 Å². The van der Waals surface area contributed by atoms with E-state index in [1.165, 1.54) is 11.3 Å². The molecule has 0 aliphatic carbocycles. The molecule has 3 nitrogen and oxygen atoms in total. The molecule has 0 saturated carbocycles. The number of halogens is 2. The number of para-hydroxylation sites is 1. The van der Waals surface area contributed by atoms with Crippen molar-refractivity contribution in [1.82, 2.24) is 4.98 Å². The van der Waals surface area contributed by atoms with Crippen LogP contribution < -0.4 is 5.32 Å². The number of nitrogens with zero attached hydrogens (tertiary/aromatic N) is 1. The Hall–Kier alpha value is -1.44. The Balaban J connectivity index is 1.77. The zero-order valence-corrected chi connectivity index (χ0v) is 17.7. The topological polar surface area (TPSA) is 42.0 Å². The largest absolute Gasteiger partial charge is 0.313 e. The van der Waals surface area contributed by atoms with E-state index in [0.29, 0.717) is 14.2 Å². The van der Waals surface area contributed by atoms with Crippen LogP contribution in [0.25, 0.3) is 20.8 Å². The Labute approximate surface area is 172 Å². The number of thiophene rings is 2. The minimum absolute atomic E-state index is 0.262. The number of aromatic nitrogens is 1. The van der Waals surface area contributed by atoms with Crippen molar-refractivity contribution < 1.29 is 4.79 Å². The van der Waals surface area contributed by atoms with Gasteiger partial charge in [0.25, 0.3) is 5.91 Å². The summed E-state index contributed by atoms with van der Waals surface area (Å²) in [6.45, 7) is 4.10. The van der Waals surface area contributed by atoms with Crippen molar-refractivity contribution in [1.29, 1.82) is 0 Å². The van der Waals surface area contributed by atoms with Gasteiger partial charge in [0.15, 0.2) is 0 Å². The minimum atomic E-state index is -0.262. The predicted octanol–water partition coefficient (Wildman–Crippen LogP) is 7.26. The molecule has 0 bridgehead atoms. The number of carbonyl (C=O) groups excluding carboxylic acids is 1. The maximum Gasteiger partial charge on any atom is 0.258 e. The van der Waals surface area contributed by atoms with Gasteiger partial charge in [0, 0.05) is 10.4 Å². The number of benzene rings is 1. The highest BCUT2D eigenvalue weighted by Crippen LogP contribution is 2.43. The van der Waals surface area contributed by atoms with Crippen molar-refractivity contribution in [3.63, 3.8) is 0 Å². The molecule has 132 valence electrons. The molecule has 26 heavy (non-hydrogen) atoms. The van der Waals surface area contributed by atoms with Crippen LogP contribution in [0, 0.1) is 13.8 Å². The van der Waals surface area contributed by atoms with E-state index >= 15 is 0 Å². The summed E-state index contributed by atoms with van der Waals surface area (Å²) in [5.74, 6) is -0.262. The molecule has 8 heteroatoms. The van der Waals surface area contributed by atoms with Gasteiger partial charge in [-0.25, -0.2) is 4.98 Å². The Morgan fingerprint density at radius 1 is 1.12 bits per heavy atom. The molecule has 0 saturated heterocycles. The molecule has 0 unspecified atom stereocenters. The van der Waals surface area contributed by atoms with Crippen molar-refractivity contribution >= 4 is 78.3 Å². The first-order valence-corrected chi connectivity index (χ1v) is 10.9. The van der Waals surface area contributed by atoms with E-state index in [1.807, 2.05) is 25.1 Å². The average molecular weight is 439 g/mol. The van der Waals surface area contributed by atoms with E-state index in [9.17, 15) is 4.79 Å². The number of nitrogens with one attached hydrogen (secondary N) is 1. The van der Waals surface area contributed by atoms with Crippen LogP contribution in [0.4, 0.5) is 5.00 Å². The first-order chi connectivity index (χ1) is 12.4. The second-order valence-electron chi connectivity index (χ2n) is 5.67. The van der Waals surface area contributed by atoms with Crippen LogP contribution in [0.3, 0.4) is 0 Å². The molecule has 0 radical (unpaired) electrons. The van der Waals surface area contributed by atoms with E-state index < -0.39 is 0 Å². The number of hydrogen-bond donors (Lipinski definition) is 1. The van der Waals surface area contributed by atoms with E-state index in [4.69, 9.17) is 28.2 Å². The fourth-order valence-corrected chi connectivity index (χ4v) is 6.27. The fraction of sp³-hybridized carbons (Fsp3) is 0.111. The molecular weight excluding hydrogens is 427 g/mol. The molecule has 1 N–H and O–H groups in total. The number of fused-ring (bicyclic) bond motifs is 1. The molecule has 0 fully saturated rings. The van der Waals surface area contributed by atoms with Crippen molar-refractivity contribution in [2.45, 2.75) is 13.8 Å². The highest BCUT2D eigenvalue weighted by Gasteiger charge is 2.22. The number of hydrogen-bond acceptors (Lipinski definition) is 5. The van der Waals surface area contributed by atoms with Crippen LogP contribution in [0.2, 0.25) is 8.67 Å². The van der Waals surface area contributed by atoms with E-state index in [2.05, 4.69) is 18.3 Å². The number of aryl methyl sites for hydroxylation is 1. The molecule has 1 amide bonds. The number of rotatable bonds is 3. The molecule has 0 spiro atoms. The predicted molar refractivity (Wildman–Crippen MR) is 115 cm³/mol. The van der Waals surface area contributed by atoms with Crippen LogP contribution >= 0.6 is 57.2 Å². The molecule has 0 atom stereocenters. The lowest BCUT2D eigenvalue weighted by molar-refractivity contribution is 0.102. The van der Waals surface area contributed by atoms with Crippen LogP contribution in [0.5, 0.6) is 0 Å². The summed E-state index contributed by atoms with van der Waals surface area (Å²) in [5, 5.41) is 4.68. The lowest BCUT2D eigenvalue weighted by Gasteiger charge is -2.05. The summed E-state index contributed by atoms with van der Waals surface area (Å²) < 4.78 is 2.00. The van der Waals surface area contributed by atoms with Gasteiger partial charge < -0.3 is 5.32 Å². The lowest BCUT2D eigenvalue weighted by atomic mass is 10.1. The summed E-state index contributed by atoms with van der Waals surface area (Å²) >= 11 is 16.4. The number of carbonyl (C=O) groups is 1. The van der Waals surface area contributed by atoms with Gasteiger partial charge in [-0.1, -0.05) is 35.3 Å². The molecule has 0 aliphatic heterocycles.